The van der Waals surface area contributed by atoms with Crippen LogP contribution in [0.2, 0.25) is 0 Å². The van der Waals surface area contributed by atoms with Crippen LogP contribution in [-0.4, -0.2) is 0 Å². The van der Waals surface area contributed by atoms with Gasteiger partial charge in [-0.2, -0.15) is 40.5 Å². The minimum Gasteiger partial charge on any atom is -0.197 e. The molecule has 0 fully saturated rings. The van der Waals surface area contributed by atoms with E-state index < -0.39 is 0 Å². The molecule has 0 atom stereocenters. The molecule has 0 nitrogen and oxygen atoms in total. The quantitative estimate of drug-likeness (QED) is 0.566. The maximum absolute atomic E-state index is 0. The average molecular weight is 308 g/mol. The third-order valence-corrected chi connectivity index (χ3v) is 0. The van der Waals surface area contributed by atoms with Gasteiger partial charge in [-0.1, -0.05) is 0 Å². The topological polar surface area (TPSA) is 0 Å². The smallest absolute Gasteiger partial charge is 0 e. The maximum Gasteiger partial charge on any atom is 0 e. The van der Waals surface area contributed by atoms with Crippen molar-refractivity contribution in [2.24, 2.45) is 0 Å². The van der Waals surface area contributed by atoms with Crippen LogP contribution in [0.1, 0.15) is 0 Å². The van der Waals surface area contributed by atoms with E-state index in [0.29, 0.717) is 0 Å². The second-order valence-corrected chi connectivity index (χ2v) is 0. The van der Waals surface area contributed by atoms with E-state index in [1.165, 1.54) is 0 Å². The summed E-state index contributed by atoms with van der Waals surface area (Å²) in [5.41, 5.74) is 0. The molecule has 0 unspecified atom stereocenters. The third kappa shape index (κ3) is 22.0. The Kier molecular flexibility index (Phi) is 367. The molecule has 0 saturated heterocycles. The molecule has 5 heteroatoms. The number of rotatable bonds is 0. The van der Waals surface area contributed by atoms with Gasteiger partial charge in [0.25, 0.3) is 0 Å². The van der Waals surface area contributed by atoms with Gasteiger partial charge in [-0.15, -0.1) is 0 Å². The summed E-state index contributed by atoms with van der Waals surface area (Å²) in [5, 5.41) is 0. The summed E-state index contributed by atoms with van der Waals surface area (Å²) in [5.74, 6) is 0. The second-order valence-electron chi connectivity index (χ2n) is 0. The zero-order valence-electron chi connectivity index (χ0n) is 2.17. The van der Waals surface area contributed by atoms with Gasteiger partial charge in [-0.25, -0.2) is 0 Å². The van der Waals surface area contributed by atoms with Crippen LogP contribution >= 0.6 is 40.5 Å². The van der Waals surface area contributed by atoms with E-state index in [4.69, 9.17) is 0 Å². The Morgan fingerprint density at radius 2 is 0.400 bits per heavy atom. The fraction of sp³-hybridized carbons (Fsp3) is 0. The molecule has 0 spiro atoms. The largest absolute Gasteiger partial charge is 0.197 e. The van der Waals surface area contributed by atoms with Gasteiger partial charge in [0.15, 0.2) is 0 Å². The van der Waals surface area contributed by atoms with Crippen molar-refractivity contribution < 1.29 is 39.0 Å². The number of hydrogen-bond acceptors (Lipinski definition) is 0. The van der Waals surface area contributed by atoms with Gasteiger partial charge in [0.1, 0.15) is 0 Å². The molecule has 0 N–H and O–H groups in total. The predicted octanol–water partition coefficient (Wildman–Crippen LogP) is 0.333. The van der Waals surface area contributed by atoms with E-state index in [0.717, 1.165) is 0 Å². The Balaban J connectivity index is 0. The van der Waals surface area contributed by atoms with E-state index in [9.17, 15) is 0 Å². The molecule has 5 heavy (non-hydrogen) atoms. The van der Waals surface area contributed by atoms with Gasteiger partial charge in [0.05, 0.1) is 0 Å². The average Bonchev–Trinajstić information content (AvgIpc) is 0. The van der Waals surface area contributed by atoms with Crippen molar-refractivity contribution in [2.45, 2.75) is 0 Å². The minimum absolute atomic E-state index is 0. The van der Waals surface area contributed by atoms with Crippen molar-refractivity contribution in [3.05, 3.63) is 0 Å². The van der Waals surface area contributed by atoms with Gasteiger partial charge in [0.2, 0.25) is 0 Å². The zero-order valence-corrected chi connectivity index (χ0v) is 8.44. The van der Waals surface area contributed by atoms with Crippen molar-refractivity contribution in [3.8, 4) is 0 Å². The maximum atomic E-state index is 0. The zero-order chi connectivity index (χ0) is 0. The van der Waals surface area contributed by atoms with Crippen LogP contribution < -0.4 is 0 Å². The Morgan fingerprint density at radius 3 is 0.400 bits per heavy atom. The molecule has 0 aliphatic rings. The Morgan fingerprint density at radius 1 is 0.400 bits per heavy atom. The predicted molar refractivity (Wildman–Crippen MR) is 31.1 cm³/mol. The molecular weight excluding hydrogens is 302 g/mol. The van der Waals surface area contributed by atoms with E-state index in [-0.39, 0.29) is 79.4 Å². The summed E-state index contributed by atoms with van der Waals surface area (Å²) in [6.45, 7) is 0. The molecule has 0 bridgehead atoms. The SMILES string of the molecule is S.S.S.[Rh].[Rh]. The summed E-state index contributed by atoms with van der Waals surface area (Å²) in [6, 6.07) is 0. The Labute approximate surface area is 78.7 Å². The van der Waals surface area contributed by atoms with Crippen molar-refractivity contribution in [1.29, 1.82) is 0 Å². The number of hydrogen-bond donors (Lipinski definition) is 0. The third-order valence-electron chi connectivity index (χ3n) is 0. The summed E-state index contributed by atoms with van der Waals surface area (Å²) in [7, 11) is 0. The van der Waals surface area contributed by atoms with Gasteiger partial charge in [-0.3, -0.25) is 0 Å². The Bertz CT molecular complexity index is 4.85. The van der Waals surface area contributed by atoms with Crippen LogP contribution in [0.25, 0.3) is 0 Å². The van der Waals surface area contributed by atoms with E-state index >= 15 is 0 Å². The van der Waals surface area contributed by atoms with Crippen LogP contribution in [0.4, 0.5) is 0 Å². The van der Waals surface area contributed by atoms with Crippen LogP contribution in [0, 0.1) is 0 Å². The first-order chi connectivity index (χ1) is 0. The van der Waals surface area contributed by atoms with Gasteiger partial charge >= 0.3 is 0 Å². The molecule has 0 aliphatic heterocycles. The first kappa shape index (κ1) is 54.8. The van der Waals surface area contributed by atoms with Crippen LogP contribution in [0.15, 0.2) is 0 Å². The standard InChI is InChI=1S/2Rh.3H2S/h;;3*1H2. The Hall–Kier alpha value is 2.30. The summed E-state index contributed by atoms with van der Waals surface area (Å²) < 4.78 is 0. The van der Waals surface area contributed by atoms with E-state index in [2.05, 4.69) is 0 Å². The molecule has 0 aromatic carbocycles. The summed E-state index contributed by atoms with van der Waals surface area (Å²) >= 11 is 0. The molecule has 0 heterocycles. The van der Waals surface area contributed by atoms with Crippen molar-refractivity contribution in [1.82, 2.24) is 0 Å². The molecule has 0 amide bonds. The fourth-order valence-electron chi connectivity index (χ4n) is 0. The molecule has 42 valence electrons. The van der Waals surface area contributed by atoms with Gasteiger partial charge in [-0.05, 0) is 0 Å². The minimum atomic E-state index is 0. The first-order valence-corrected chi connectivity index (χ1v) is 0. The monoisotopic (exact) mass is 308 g/mol. The van der Waals surface area contributed by atoms with Crippen LogP contribution in [0.5, 0.6) is 0 Å². The van der Waals surface area contributed by atoms with E-state index in [1.807, 2.05) is 0 Å². The normalized spacial score (nSPS) is 0. The van der Waals surface area contributed by atoms with E-state index in [1.54, 1.807) is 0 Å². The van der Waals surface area contributed by atoms with Gasteiger partial charge < -0.3 is 0 Å². The molecular formula is H6Rh2S3. The molecule has 0 saturated carbocycles. The molecule has 0 aliphatic carbocycles. The molecule has 0 aromatic rings. The first-order valence-electron chi connectivity index (χ1n) is 0. The van der Waals surface area contributed by atoms with Crippen molar-refractivity contribution in [2.75, 3.05) is 0 Å². The van der Waals surface area contributed by atoms with Crippen molar-refractivity contribution in [3.63, 3.8) is 0 Å². The summed E-state index contributed by atoms with van der Waals surface area (Å²) in [6.07, 6.45) is 0. The summed E-state index contributed by atoms with van der Waals surface area (Å²) in [4.78, 5) is 0. The molecule has 0 aromatic heterocycles. The van der Waals surface area contributed by atoms with Crippen molar-refractivity contribution >= 4 is 40.5 Å². The molecule has 0 rings (SSSR count). The van der Waals surface area contributed by atoms with Crippen LogP contribution in [-0.2, 0) is 39.0 Å². The van der Waals surface area contributed by atoms with Gasteiger partial charge in [0, 0.05) is 39.0 Å². The van der Waals surface area contributed by atoms with Crippen LogP contribution in [0.3, 0.4) is 0 Å². The molecule has 2 radical (unpaired) electrons. The fourth-order valence-corrected chi connectivity index (χ4v) is 0. The second kappa shape index (κ2) is 33.5.